The van der Waals surface area contributed by atoms with E-state index < -0.39 is 0 Å². The van der Waals surface area contributed by atoms with E-state index in [0.717, 1.165) is 18.4 Å². The molecule has 1 atom stereocenters. The van der Waals surface area contributed by atoms with E-state index in [2.05, 4.69) is 4.52 Å². The Kier molecular flexibility index (Phi) is 3.00. The zero-order chi connectivity index (χ0) is 7.40. The number of rotatable bonds is 3. The van der Waals surface area contributed by atoms with E-state index in [1.54, 1.807) is 0 Å². The Hall–Kier alpha value is -0.240. The molecule has 1 unspecified atom stereocenters. The smallest absolute Gasteiger partial charge is 0.324 e. The van der Waals surface area contributed by atoms with Crippen molar-refractivity contribution < 1.29 is 9.09 Å². The molecule has 0 saturated heterocycles. The predicted octanol–water partition coefficient (Wildman–Crippen LogP) is 1.26. The second-order valence-corrected chi connectivity index (χ2v) is 2.78. The van der Waals surface area contributed by atoms with Crippen molar-refractivity contribution >= 4 is 8.69 Å². The van der Waals surface area contributed by atoms with Crippen LogP contribution >= 0.6 is 8.69 Å². The molecular weight excluding hydrogens is 149 g/mol. The summed E-state index contributed by atoms with van der Waals surface area (Å²) in [4.78, 5) is 0. The quantitative estimate of drug-likeness (QED) is 0.498. The van der Waals surface area contributed by atoms with Crippen LogP contribution in [-0.4, -0.2) is 12.6 Å². The molecule has 1 aliphatic carbocycles. The van der Waals surface area contributed by atoms with Crippen LogP contribution in [0.3, 0.4) is 0 Å². The molecule has 0 heterocycles. The maximum Gasteiger partial charge on any atom is 0.327 e. The fourth-order valence-corrected chi connectivity index (χ4v) is 1.27. The average molecular weight is 159 g/mol. The first-order chi connectivity index (χ1) is 4.83. The highest BCUT2D eigenvalue weighted by Gasteiger charge is 2.10. The molecule has 4 heteroatoms. The molecule has 0 fully saturated rings. The number of nitrogens with two attached hydrogens (primary N) is 1. The monoisotopic (exact) mass is 159 g/mol. The molecule has 0 aliphatic heterocycles. The van der Waals surface area contributed by atoms with E-state index in [4.69, 9.17) is 5.73 Å². The first-order valence-electron chi connectivity index (χ1n) is 3.22. The molecular formula is C6H10NO2P. The normalized spacial score (nSPS) is 25.3. The number of hydrogen-bond donors (Lipinski definition) is 1. The van der Waals surface area contributed by atoms with Gasteiger partial charge in [-0.1, -0.05) is 6.08 Å². The summed E-state index contributed by atoms with van der Waals surface area (Å²) >= 11 is 0. The Bertz CT molecular complexity index is 158. The van der Waals surface area contributed by atoms with Crippen molar-refractivity contribution in [3.8, 4) is 0 Å². The Morgan fingerprint density at radius 2 is 2.70 bits per heavy atom. The molecule has 0 bridgehead atoms. The average Bonchev–Trinajstić information content (AvgIpc) is 2.31. The van der Waals surface area contributed by atoms with Crippen molar-refractivity contribution in [2.24, 2.45) is 5.73 Å². The van der Waals surface area contributed by atoms with Crippen molar-refractivity contribution in [3.05, 3.63) is 11.6 Å². The van der Waals surface area contributed by atoms with Crippen molar-refractivity contribution in [1.82, 2.24) is 0 Å². The molecule has 10 heavy (non-hydrogen) atoms. The van der Waals surface area contributed by atoms with Gasteiger partial charge >= 0.3 is 8.69 Å². The van der Waals surface area contributed by atoms with Crippen LogP contribution in [0.2, 0.25) is 0 Å². The molecule has 56 valence electrons. The highest BCUT2D eigenvalue weighted by Crippen LogP contribution is 2.18. The largest absolute Gasteiger partial charge is 0.327 e. The van der Waals surface area contributed by atoms with Crippen molar-refractivity contribution in [3.63, 3.8) is 0 Å². The first-order valence-corrected chi connectivity index (χ1v) is 3.95. The van der Waals surface area contributed by atoms with Gasteiger partial charge < -0.3 is 5.73 Å². The van der Waals surface area contributed by atoms with Crippen LogP contribution in [0, 0.1) is 0 Å². The summed E-state index contributed by atoms with van der Waals surface area (Å²) < 4.78 is 14.5. The lowest BCUT2D eigenvalue weighted by atomic mass is 10.2. The Labute approximate surface area is 61.5 Å². The van der Waals surface area contributed by atoms with Crippen molar-refractivity contribution in [2.45, 2.75) is 18.9 Å². The summed E-state index contributed by atoms with van der Waals surface area (Å²) in [5.74, 6) is 0. The maximum absolute atomic E-state index is 9.86. The lowest BCUT2D eigenvalue weighted by Gasteiger charge is -1.93. The molecule has 0 amide bonds. The van der Waals surface area contributed by atoms with E-state index >= 15 is 0 Å². The van der Waals surface area contributed by atoms with E-state index in [1.165, 1.54) is 0 Å². The van der Waals surface area contributed by atoms with E-state index in [-0.39, 0.29) is 14.7 Å². The topological polar surface area (TPSA) is 52.3 Å². The summed E-state index contributed by atoms with van der Waals surface area (Å²) in [7, 11) is -0.249. The second kappa shape index (κ2) is 3.81. The van der Waals surface area contributed by atoms with Gasteiger partial charge in [0.15, 0.2) is 0 Å². The van der Waals surface area contributed by atoms with Gasteiger partial charge in [-0.2, -0.15) is 0 Å². The van der Waals surface area contributed by atoms with Gasteiger partial charge in [0.1, 0.15) is 0 Å². The van der Waals surface area contributed by atoms with Gasteiger partial charge in [0, 0.05) is 6.04 Å². The van der Waals surface area contributed by atoms with Crippen LogP contribution < -0.4 is 5.73 Å². The van der Waals surface area contributed by atoms with Crippen LogP contribution in [-0.2, 0) is 9.09 Å². The third-order valence-electron chi connectivity index (χ3n) is 1.55. The Morgan fingerprint density at radius 3 is 3.20 bits per heavy atom. The van der Waals surface area contributed by atoms with Crippen molar-refractivity contribution in [1.29, 1.82) is 0 Å². The van der Waals surface area contributed by atoms with Crippen LogP contribution in [0.1, 0.15) is 12.8 Å². The lowest BCUT2D eigenvalue weighted by molar-refractivity contribution is 0.373. The zero-order valence-electron chi connectivity index (χ0n) is 5.62. The summed E-state index contributed by atoms with van der Waals surface area (Å²) in [6, 6.07) is 0.182. The molecule has 0 aromatic carbocycles. The predicted molar refractivity (Wildman–Crippen MR) is 38.9 cm³/mol. The molecule has 0 aromatic rings. The van der Waals surface area contributed by atoms with Crippen LogP contribution in [0.5, 0.6) is 0 Å². The fourth-order valence-electron chi connectivity index (χ4n) is 1.05. The SMILES string of the molecule is NC1C=C(COP=O)CC1. The van der Waals surface area contributed by atoms with E-state index in [1.807, 2.05) is 6.08 Å². The molecule has 0 saturated carbocycles. The van der Waals surface area contributed by atoms with Crippen molar-refractivity contribution in [2.75, 3.05) is 6.61 Å². The van der Waals surface area contributed by atoms with Crippen LogP contribution in [0.25, 0.3) is 0 Å². The highest BCUT2D eigenvalue weighted by atomic mass is 31.1. The van der Waals surface area contributed by atoms with Crippen LogP contribution in [0.15, 0.2) is 11.6 Å². The van der Waals surface area contributed by atoms with E-state index in [9.17, 15) is 4.57 Å². The molecule has 0 spiro atoms. The summed E-state index contributed by atoms with van der Waals surface area (Å²) in [5, 5.41) is 0. The van der Waals surface area contributed by atoms with Gasteiger partial charge in [-0.05, 0) is 18.4 Å². The highest BCUT2D eigenvalue weighted by molar-refractivity contribution is 7.17. The minimum absolute atomic E-state index is 0.182. The summed E-state index contributed by atoms with van der Waals surface area (Å²) in [6.07, 6.45) is 3.95. The molecule has 1 rings (SSSR count). The lowest BCUT2D eigenvalue weighted by Crippen LogP contribution is -2.11. The van der Waals surface area contributed by atoms with E-state index in [0.29, 0.717) is 6.61 Å². The fraction of sp³-hybridized carbons (Fsp3) is 0.667. The maximum atomic E-state index is 9.86. The van der Waals surface area contributed by atoms with Gasteiger partial charge in [0.05, 0.1) is 6.61 Å². The number of hydrogen-bond acceptors (Lipinski definition) is 3. The molecule has 3 nitrogen and oxygen atoms in total. The molecule has 2 N–H and O–H groups in total. The minimum atomic E-state index is -0.249. The molecule has 1 aliphatic rings. The van der Waals surface area contributed by atoms with Gasteiger partial charge in [-0.3, -0.25) is 4.52 Å². The molecule has 0 aromatic heterocycles. The standard InChI is InChI=1S/C6H10NO2P/c7-6-2-1-5(3-6)4-9-10-8/h3,6H,1-2,4,7H2. The van der Waals surface area contributed by atoms with Gasteiger partial charge in [0.2, 0.25) is 0 Å². The Morgan fingerprint density at radius 1 is 1.90 bits per heavy atom. The third-order valence-corrected chi connectivity index (χ3v) is 1.79. The van der Waals surface area contributed by atoms with Crippen LogP contribution in [0.4, 0.5) is 0 Å². The second-order valence-electron chi connectivity index (χ2n) is 2.38. The third kappa shape index (κ3) is 2.18. The van der Waals surface area contributed by atoms with Gasteiger partial charge in [-0.25, -0.2) is 4.57 Å². The minimum Gasteiger partial charge on any atom is -0.324 e. The van der Waals surface area contributed by atoms with Gasteiger partial charge in [0.25, 0.3) is 0 Å². The summed E-state index contributed by atoms with van der Waals surface area (Å²) in [5.41, 5.74) is 6.75. The Balaban J connectivity index is 2.28. The summed E-state index contributed by atoms with van der Waals surface area (Å²) in [6.45, 7) is 0.457. The molecule has 0 radical (unpaired) electrons. The zero-order valence-corrected chi connectivity index (χ0v) is 6.51. The first kappa shape index (κ1) is 7.86. The van der Waals surface area contributed by atoms with Gasteiger partial charge in [-0.15, -0.1) is 0 Å².